The van der Waals surface area contributed by atoms with Crippen LogP contribution in [0.2, 0.25) is 0 Å². The average Bonchev–Trinajstić information content (AvgIpc) is 2.65. The monoisotopic (exact) mass is 203 g/mol. The zero-order valence-electron chi connectivity index (χ0n) is 8.58. The molecule has 1 heterocycles. The maximum absolute atomic E-state index is 11.3. The van der Waals surface area contributed by atoms with E-state index in [2.05, 4.69) is 15.3 Å². The second-order valence-corrected chi connectivity index (χ2v) is 3.43. The highest BCUT2D eigenvalue weighted by Gasteiger charge is 2.02. The fourth-order valence-corrected chi connectivity index (χ4v) is 1.46. The van der Waals surface area contributed by atoms with Crippen LogP contribution in [0.5, 0.6) is 0 Å². The van der Waals surface area contributed by atoms with Gasteiger partial charge in [-0.2, -0.15) is 0 Å². The van der Waals surface area contributed by atoms with Gasteiger partial charge in [-0.3, -0.25) is 4.79 Å². The number of nitrogens with zero attached hydrogens (tertiary/aromatic N) is 1. The fourth-order valence-electron chi connectivity index (χ4n) is 1.46. The van der Waals surface area contributed by atoms with E-state index >= 15 is 0 Å². The number of fused-ring (bicyclic) bond motifs is 1. The molecular weight excluding hydrogens is 190 g/mol. The summed E-state index contributed by atoms with van der Waals surface area (Å²) in [6, 6.07) is 5.63. The molecule has 2 aromatic rings. The van der Waals surface area contributed by atoms with Crippen LogP contribution in [0.15, 0.2) is 24.5 Å². The zero-order chi connectivity index (χ0) is 10.7. The van der Waals surface area contributed by atoms with Crippen LogP contribution in [0.25, 0.3) is 11.0 Å². The van der Waals surface area contributed by atoms with Gasteiger partial charge in [-0.25, -0.2) is 4.98 Å². The van der Waals surface area contributed by atoms with Crippen molar-refractivity contribution in [1.29, 1.82) is 0 Å². The Morgan fingerprint density at radius 3 is 3.20 bits per heavy atom. The second-order valence-electron chi connectivity index (χ2n) is 3.43. The third-order valence-corrected chi connectivity index (χ3v) is 2.18. The number of aromatic amines is 1. The third kappa shape index (κ3) is 2.15. The summed E-state index contributed by atoms with van der Waals surface area (Å²) in [5.41, 5.74) is 2.65. The summed E-state index contributed by atoms with van der Waals surface area (Å²) in [6.07, 6.45) is 3.06. The van der Waals surface area contributed by atoms with E-state index in [1.54, 1.807) is 6.33 Å². The lowest BCUT2D eigenvalue weighted by atomic mass is 10.2. The first-order valence-corrected chi connectivity index (χ1v) is 5.02. The average molecular weight is 203 g/mol. The number of H-pyrrole nitrogens is 1. The molecule has 0 fully saturated rings. The standard InChI is InChI=1S/C11H13N3O/c1-2-3-11(15)14-8-4-5-9-10(6-8)13-7-12-9/h4-7H,2-3H2,1H3,(H,12,13)(H,14,15). The molecule has 0 radical (unpaired) electrons. The number of amides is 1. The van der Waals surface area contributed by atoms with Gasteiger partial charge in [0.05, 0.1) is 17.4 Å². The summed E-state index contributed by atoms with van der Waals surface area (Å²) in [7, 11) is 0. The Balaban J connectivity index is 2.17. The maximum Gasteiger partial charge on any atom is 0.224 e. The van der Waals surface area contributed by atoms with E-state index < -0.39 is 0 Å². The first-order valence-electron chi connectivity index (χ1n) is 5.02. The topological polar surface area (TPSA) is 57.8 Å². The summed E-state index contributed by atoms with van der Waals surface area (Å²) in [5, 5.41) is 2.84. The number of hydrogen-bond acceptors (Lipinski definition) is 2. The summed E-state index contributed by atoms with van der Waals surface area (Å²) >= 11 is 0. The number of hydrogen-bond donors (Lipinski definition) is 2. The van der Waals surface area contributed by atoms with Crippen molar-refractivity contribution in [2.45, 2.75) is 19.8 Å². The molecule has 78 valence electrons. The molecule has 0 saturated heterocycles. The summed E-state index contributed by atoms with van der Waals surface area (Å²) in [5.74, 6) is 0.0522. The van der Waals surface area contributed by atoms with Gasteiger partial charge in [0.1, 0.15) is 0 Å². The smallest absolute Gasteiger partial charge is 0.224 e. The normalized spacial score (nSPS) is 10.5. The third-order valence-electron chi connectivity index (χ3n) is 2.18. The Kier molecular flexibility index (Phi) is 2.67. The van der Waals surface area contributed by atoms with E-state index in [-0.39, 0.29) is 5.91 Å². The minimum atomic E-state index is 0.0522. The molecule has 0 bridgehead atoms. The van der Waals surface area contributed by atoms with E-state index in [0.29, 0.717) is 6.42 Å². The highest BCUT2D eigenvalue weighted by molar-refractivity contribution is 5.92. The molecule has 0 aliphatic heterocycles. The van der Waals surface area contributed by atoms with Crippen LogP contribution in [0.3, 0.4) is 0 Å². The van der Waals surface area contributed by atoms with E-state index in [0.717, 1.165) is 23.1 Å². The van der Waals surface area contributed by atoms with Crippen LogP contribution < -0.4 is 5.32 Å². The van der Waals surface area contributed by atoms with Crippen molar-refractivity contribution in [2.24, 2.45) is 0 Å². The lowest BCUT2D eigenvalue weighted by Gasteiger charge is -2.03. The van der Waals surface area contributed by atoms with Crippen molar-refractivity contribution >= 4 is 22.6 Å². The molecule has 0 saturated carbocycles. The number of anilines is 1. The van der Waals surface area contributed by atoms with E-state index in [1.807, 2.05) is 25.1 Å². The first kappa shape index (κ1) is 9.71. The summed E-state index contributed by atoms with van der Waals surface area (Å²) in [4.78, 5) is 18.5. The number of benzene rings is 1. The SMILES string of the molecule is CCCC(=O)Nc1ccc2nc[nH]c2c1. The first-order chi connectivity index (χ1) is 7.29. The van der Waals surface area contributed by atoms with Crippen LogP contribution in [0.4, 0.5) is 5.69 Å². The fraction of sp³-hybridized carbons (Fsp3) is 0.273. The van der Waals surface area contributed by atoms with Gasteiger partial charge in [0.2, 0.25) is 5.91 Å². The number of carbonyl (C=O) groups is 1. The number of rotatable bonds is 3. The van der Waals surface area contributed by atoms with Crippen molar-refractivity contribution in [2.75, 3.05) is 5.32 Å². The van der Waals surface area contributed by atoms with Gasteiger partial charge in [0, 0.05) is 12.1 Å². The van der Waals surface area contributed by atoms with Crippen LogP contribution in [-0.4, -0.2) is 15.9 Å². The number of aromatic nitrogens is 2. The van der Waals surface area contributed by atoms with E-state index in [1.165, 1.54) is 0 Å². The molecule has 0 aliphatic carbocycles. The second kappa shape index (κ2) is 4.13. The summed E-state index contributed by atoms with van der Waals surface area (Å²) in [6.45, 7) is 1.98. The van der Waals surface area contributed by atoms with E-state index in [4.69, 9.17) is 0 Å². The van der Waals surface area contributed by atoms with Gasteiger partial charge in [0.25, 0.3) is 0 Å². The largest absolute Gasteiger partial charge is 0.345 e. The molecule has 0 aliphatic rings. The molecule has 4 nitrogen and oxygen atoms in total. The van der Waals surface area contributed by atoms with Gasteiger partial charge >= 0.3 is 0 Å². The molecule has 4 heteroatoms. The molecule has 15 heavy (non-hydrogen) atoms. The zero-order valence-corrected chi connectivity index (χ0v) is 8.58. The van der Waals surface area contributed by atoms with Gasteiger partial charge in [0.15, 0.2) is 0 Å². The maximum atomic E-state index is 11.3. The van der Waals surface area contributed by atoms with Crippen molar-refractivity contribution in [1.82, 2.24) is 9.97 Å². The Hall–Kier alpha value is -1.84. The van der Waals surface area contributed by atoms with Gasteiger partial charge in [-0.15, -0.1) is 0 Å². The molecule has 1 aromatic carbocycles. The highest BCUT2D eigenvalue weighted by atomic mass is 16.1. The Morgan fingerprint density at radius 2 is 2.40 bits per heavy atom. The lowest BCUT2D eigenvalue weighted by molar-refractivity contribution is -0.116. The van der Waals surface area contributed by atoms with Gasteiger partial charge in [-0.05, 0) is 24.6 Å². The van der Waals surface area contributed by atoms with Crippen molar-refractivity contribution in [3.8, 4) is 0 Å². The summed E-state index contributed by atoms with van der Waals surface area (Å²) < 4.78 is 0. The molecule has 2 N–H and O–H groups in total. The molecule has 0 spiro atoms. The molecule has 0 unspecified atom stereocenters. The Labute approximate surface area is 87.7 Å². The quantitative estimate of drug-likeness (QED) is 0.804. The Bertz CT molecular complexity index is 475. The minimum absolute atomic E-state index is 0.0522. The lowest BCUT2D eigenvalue weighted by Crippen LogP contribution is -2.10. The number of nitrogens with one attached hydrogen (secondary N) is 2. The van der Waals surface area contributed by atoms with Crippen molar-refractivity contribution < 1.29 is 4.79 Å². The van der Waals surface area contributed by atoms with Crippen molar-refractivity contribution in [3.05, 3.63) is 24.5 Å². The van der Waals surface area contributed by atoms with Crippen LogP contribution in [-0.2, 0) is 4.79 Å². The van der Waals surface area contributed by atoms with Crippen molar-refractivity contribution in [3.63, 3.8) is 0 Å². The highest BCUT2D eigenvalue weighted by Crippen LogP contribution is 2.15. The van der Waals surface area contributed by atoms with Crippen LogP contribution >= 0.6 is 0 Å². The van der Waals surface area contributed by atoms with Gasteiger partial charge < -0.3 is 10.3 Å². The number of imidazole rings is 1. The van der Waals surface area contributed by atoms with E-state index in [9.17, 15) is 4.79 Å². The minimum Gasteiger partial charge on any atom is -0.345 e. The molecule has 0 atom stereocenters. The molecule has 1 aromatic heterocycles. The van der Waals surface area contributed by atoms with Crippen LogP contribution in [0.1, 0.15) is 19.8 Å². The predicted octanol–water partition coefficient (Wildman–Crippen LogP) is 2.30. The van der Waals surface area contributed by atoms with Gasteiger partial charge in [-0.1, -0.05) is 6.92 Å². The number of carbonyl (C=O) groups excluding carboxylic acids is 1. The molecule has 1 amide bonds. The predicted molar refractivity (Wildman–Crippen MR) is 59.6 cm³/mol. The van der Waals surface area contributed by atoms with Crippen LogP contribution in [0, 0.1) is 0 Å². The molecule has 2 rings (SSSR count). The Morgan fingerprint density at radius 1 is 1.53 bits per heavy atom. The molecular formula is C11H13N3O.